The maximum absolute atomic E-state index is 12.7. The van der Waals surface area contributed by atoms with Crippen LogP contribution in [0, 0.1) is 0 Å². The third-order valence-corrected chi connectivity index (χ3v) is 3.93. The van der Waals surface area contributed by atoms with E-state index in [0.29, 0.717) is 15.5 Å². The van der Waals surface area contributed by atoms with Crippen molar-refractivity contribution >= 4 is 23.4 Å². The first-order valence-corrected chi connectivity index (χ1v) is 6.65. The highest BCUT2D eigenvalue weighted by molar-refractivity contribution is 7.99. The first-order chi connectivity index (χ1) is 9.41. The minimum Gasteiger partial charge on any atom is -0.326 e. The lowest BCUT2D eigenvalue weighted by Gasteiger charge is -2.13. The number of hydrogen-bond donors (Lipinski definition) is 1. The van der Waals surface area contributed by atoms with E-state index < -0.39 is 11.7 Å². The second kappa shape index (κ2) is 5.99. The molecule has 0 amide bonds. The topological polar surface area (TPSA) is 51.8 Å². The van der Waals surface area contributed by atoms with Gasteiger partial charge in [-0.3, -0.25) is 4.98 Å². The molecule has 0 atom stereocenters. The van der Waals surface area contributed by atoms with Gasteiger partial charge >= 0.3 is 6.18 Å². The minimum atomic E-state index is -4.46. The largest absolute Gasteiger partial charge is 0.416 e. The summed E-state index contributed by atoms with van der Waals surface area (Å²) in [6.45, 7) is -0.0494. The lowest BCUT2D eigenvalue weighted by Crippen LogP contribution is -2.08. The quantitative estimate of drug-likeness (QED) is 0.936. The van der Waals surface area contributed by atoms with E-state index in [1.807, 2.05) is 0 Å². The predicted molar refractivity (Wildman–Crippen MR) is 70.5 cm³/mol. The van der Waals surface area contributed by atoms with Crippen molar-refractivity contribution in [1.82, 2.24) is 9.97 Å². The van der Waals surface area contributed by atoms with Crippen LogP contribution in [-0.2, 0) is 12.7 Å². The summed E-state index contributed by atoms with van der Waals surface area (Å²) < 4.78 is 38.1. The van der Waals surface area contributed by atoms with Gasteiger partial charge in [-0.1, -0.05) is 23.4 Å². The molecule has 0 bridgehead atoms. The monoisotopic (exact) mass is 319 g/mol. The van der Waals surface area contributed by atoms with Gasteiger partial charge in [0.15, 0.2) is 0 Å². The number of rotatable bonds is 3. The van der Waals surface area contributed by atoms with Gasteiger partial charge in [-0.2, -0.15) is 13.2 Å². The summed E-state index contributed by atoms with van der Waals surface area (Å²) in [6, 6.07) is 1.89. The fourth-order valence-corrected chi connectivity index (χ4v) is 2.74. The molecule has 0 aliphatic heterocycles. The molecule has 0 fully saturated rings. The zero-order valence-electron chi connectivity index (χ0n) is 9.99. The molecule has 1 heterocycles. The molecule has 2 rings (SSSR count). The standard InChI is InChI=1S/C12H9ClF3N3S/c13-9-4-8(12(14,15)16)3-7(5-17)11(9)20-10-6-18-1-2-19-10/h1-4,6H,5,17H2. The first-order valence-electron chi connectivity index (χ1n) is 5.45. The van der Waals surface area contributed by atoms with Crippen LogP contribution < -0.4 is 5.73 Å². The smallest absolute Gasteiger partial charge is 0.326 e. The summed E-state index contributed by atoms with van der Waals surface area (Å²) in [4.78, 5) is 8.39. The molecule has 3 nitrogen and oxygen atoms in total. The molecular formula is C12H9ClF3N3S. The summed E-state index contributed by atoms with van der Waals surface area (Å²) in [5.41, 5.74) is 5.02. The highest BCUT2D eigenvalue weighted by atomic mass is 35.5. The van der Waals surface area contributed by atoms with Crippen LogP contribution in [0.1, 0.15) is 11.1 Å². The molecule has 0 aliphatic rings. The van der Waals surface area contributed by atoms with Gasteiger partial charge in [0.25, 0.3) is 0 Å². The Hall–Kier alpha value is -1.31. The third kappa shape index (κ3) is 3.41. The molecule has 2 aromatic rings. The number of aromatic nitrogens is 2. The fourth-order valence-electron chi connectivity index (χ4n) is 1.52. The van der Waals surface area contributed by atoms with Crippen molar-refractivity contribution in [3.05, 3.63) is 46.9 Å². The van der Waals surface area contributed by atoms with Crippen LogP contribution in [0.3, 0.4) is 0 Å². The van der Waals surface area contributed by atoms with Crippen LogP contribution in [0.5, 0.6) is 0 Å². The molecule has 0 unspecified atom stereocenters. The van der Waals surface area contributed by atoms with E-state index in [-0.39, 0.29) is 11.6 Å². The molecule has 1 aromatic heterocycles. The van der Waals surface area contributed by atoms with Crippen molar-refractivity contribution in [2.75, 3.05) is 0 Å². The predicted octanol–water partition coefficient (Wildman–Crippen LogP) is 3.76. The van der Waals surface area contributed by atoms with Crippen LogP contribution in [-0.4, -0.2) is 9.97 Å². The normalized spacial score (nSPS) is 11.7. The van der Waals surface area contributed by atoms with Gasteiger partial charge < -0.3 is 5.73 Å². The Morgan fingerprint density at radius 3 is 2.55 bits per heavy atom. The summed E-state index contributed by atoms with van der Waals surface area (Å²) in [5, 5.41) is 0.528. The molecule has 0 saturated carbocycles. The van der Waals surface area contributed by atoms with Gasteiger partial charge in [0.1, 0.15) is 5.03 Å². The number of nitrogens with zero attached hydrogens (tertiary/aromatic N) is 2. The number of hydrogen-bond acceptors (Lipinski definition) is 4. The Kier molecular flexibility index (Phi) is 4.52. The van der Waals surface area contributed by atoms with E-state index in [9.17, 15) is 13.2 Å². The number of alkyl halides is 3. The highest BCUT2D eigenvalue weighted by Gasteiger charge is 2.32. The second-order valence-electron chi connectivity index (χ2n) is 3.79. The molecule has 20 heavy (non-hydrogen) atoms. The van der Waals surface area contributed by atoms with Gasteiger partial charge in [-0.25, -0.2) is 4.98 Å². The molecule has 2 N–H and O–H groups in total. The SMILES string of the molecule is NCc1cc(C(F)(F)F)cc(Cl)c1Sc1cnccn1. The molecular weight excluding hydrogens is 311 g/mol. The number of nitrogens with two attached hydrogens (primary N) is 1. The van der Waals surface area contributed by atoms with Crippen molar-refractivity contribution in [3.8, 4) is 0 Å². The van der Waals surface area contributed by atoms with Crippen molar-refractivity contribution in [3.63, 3.8) is 0 Å². The fraction of sp³-hybridized carbons (Fsp3) is 0.167. The Bertz CT molecular complexity index is 605. The summed E-state index contributed by atoms with van der Waals surface area (Å²) in [7, 11) is 0. The molecule has 8 heteroatoms. The van der Waals surface area contributed by atoms with E-state index in [4.69, 9.17) is 17.3 Å². The highest BCUT2D eigenvalue weighted by Crippen LogP contribution is 2.39. The molecule has 0 saturated heterocycles. The van der Waals surface area contributed by atoms with Crippen LogP contribution in [0.25, 0.3) is 0 Å². The lowest BCUT2D eigenvalue weighted by atomic mass is 10.1. The zero-order valence-corrected chi connectivity index (χ0v) is 11.6. The van der Waals surface area contributed by atoms with E-state index in [1.165, 1.54) is 18.6 Å². The second-order valence-corrected chi connectivity index (χ2v) is 5.23. The van der Waals surface area contributed by atoms with E-state index in [2.05, 4.69) is 9.97 Å². The van der Waals surface area contributed by atoms with Crippen molar-refractivity contribution in [2.24, 2.45) is 5.73 Å². The number of halogens is 4. The van der Waals surface area contributed by atoms with Crippen LogP contribution in [0.4, 0.5) is 13.2 Å². The zero-order chi connectivity index (χ0) is 14.8. The summed E-state index contributed by atoms with van der Waals surface area (Å²) in [6.07, 6.45) is 0.0347. The Labute approximate surface area is 122 Å². The first kappa shape index (κ1) is 15.1. The van der Waals surface area contributed by atoms with E-state index in [1.54, 1.807) is 0 Å². The van der Waals surface area contributed by atoms with Gasteiger partial charge in [-0.05, 0) is 17.7 Å². The average molecular weight is 320 g/mol. The summed E-state index contributed by atoms with van der Waals surface area (Å²) in [5.74, 6) is 0. The maximum atomic E-state index is 12.7. The minimum absolute atomic E-state index is 0.00377. The molecule has 0 spiro atoms. The van der Waals surface area contributed by atoms with Crippen molar-refractivity contribution in [1.29, 1.82) is 0 Å². The van der Waals surface area contributed by atoms with Crippen LogP contribution in [0.2, 0.25) is 5.02 Å². The molecule has 0 aliphatic carbocycles. The van der Waals surface area contributed by atoms with Crippen molar-refractivity contribution < 1.29 is 13.2 Å². The molecule has 1 aromatic carbocycles. The van der Waals surface area contributed by atoms with E-state index in [0.717, 1.165) is 23.9 Å². The molecule has 0 radical (unpaired) electrons. The van der Waals surface area contributed by atoms with Gasteiger partial charge in [0.2, 0.25) is 0 Å². The Morgan fingerprint density at radius 1 is 1.25 bits per heavy atom. The average Bonchev–Trinajstić information content (AvgIpc) is 2.40. The van der Waals surface area contributed by atoms with E-state index >= 15 is 0 Å². The number of benzene rings is 1. The summed E-state index contributed by atoms with van der Waals surface area (Å²) >= 11 is 7.08. The van der Waals surface area contributed by atoms with Crippen LogP contribution in [0.15, 0.2) is 40.6 Å². The van der Waals surface area contributed by atoms with Gasteiger partial charge in [0.05, 0.1) is 16.8 Å². The Morgan fingerprint density at radius 2 is 2.00 bits per heavy atom. The van der Waals surface area contributed by atoms with Gasteiger partial charge in [0, 0.05) is 23.8 Å². The van der Waals surface area contributed by atoms with Gasteiger partial charge in [-0.15, -0.1) is 0 Å². The lowest BCUT2D eigenvalue weighted by molar-refractivity contribution is -0.137. The maximum Gasteiger partial charge on any atom is 0.416 e. The van der Waals surface area contributed by atoms with Crippen LogP contribution >= 0.6 is 23.4 Å². The van der Waals surface area contributed by atoms with Crippen molar-refractivity contribution in [2.45, 2.75) is 22.6 Å². The molecule has 106 valence electrons. The third-order valence-electron chi connectivity index (χ3n) is 2.41. The Balaban J connectivity index is 2.43.